The molecule has 0 aromatic heterocycles. The number of hydrogen-bond donors (Lipinski definition) is 1. The zero-order valence-corrected chi connectivity index (χ0v) is 14.0. The fourth-order valence-corrected chi connectivity index (χ4v) is 2.30. The molecule has 0 saturated heterocycles. The molecule has 0 aliphatic carbocycles. The van der Waals surface area contributed by atoms with Gasteiger partial charge in [-0.05, 0) is 24.6 Å². The third-order valence-electron chi connectivity index (χ3n) is 3.46. The van der Waals surface area contributed by atoms with Gasteiger partial charge in [0.15, 0.2) is 0 Å². The summed E-state index contributed by atoms with van der Waals surface area (Å²) in [7, 11) is 0. The number of amides is 2. The second-order valence-electron chi connectivity index (χ2n) is 5.34. The zero-order chi connectivity index (χ0) is 17.4. The van der Waals surface area contributed by atoms with E-state index in [-0.39, 0.29) is 18.4 Å². The molecule has 0 fully saturated rings. The van der Waals surface area contributed by atoms with E-state index in [1.165, 1.54) is 11.8 Å². The van der Waals surface area contributed by atoms with Gasteiger partial charge >= 0.3 is 0 Å². The Kier molecular flexibility index (Phi) is 6.37. The maximum absolute atomic E-state index is 12.3. The molecule has 2 amide bonds. The first-order chi connectivity index (χ1) is 11.6. The second-order valence-corrected chi connectivity index (χ2v) is 5.34. The van der Waals surface area contributed by atoms with Crippen LogP contribution in [0.3, 0.4) is 0 Å². The van der Waals surface area contributed by atoms with Crippen LogP contribution in [0.1, 0.15) is 19.4 Å². The highest BCUT2D eigenvalue weighted by molar-refractivity contribution is 5.95. The van der Waals surface area contributed by atoms with Crippen LogP contribution in [0.15, 0.2) is 54.6 Å². The van der Waals surface area contributed by atoms with Crippen LogP contribution in [0.4, 0.5) is 5.69 Å². The molecule has 126 valence electrons. The molecule has 2 aromatic carbocycles. The normalized spacial score (nSPS) is 10.1. The van der Waals surface area contributed by atoms with Crippen LogP contribution < -0.4 is 10.1 Å². The number of hydrogen-bond acceptors (Lipinski definition) is 3. The Morgan fingerprint density at radius 3 is 2.38 bits per heavy atom. The number of ether oxygens (including phenoxy) is 1. The van der Waals surface area contributed by atoms with E-state index in [4.69, 9.17) is 4.74 Å². The third kappa shape index (κ3) is 5.12. The number of nitrogens with one attached hydrogen (secondary N) is 1. The highest BCUT2D eigenvalue weighted by Gasteiger charge is 2.15. The Morgan fingerprint density at radius 1 is 1.04 bits per heavy atom. The largest absolute Gasteiger partial charge is 0.492 e. The van der Waals surface area contributed by atoms with E-state index < -0.39 is 0 Å². The van der Waals surface area contributed by atoms with Crippen molar-refractivity contribution in [2.24, 2.45) is 0 Å². The Morgan fingerprint density at radius 2 is 1.71 bits per heavy atom. The predicted octanol–water partition coefficient (Wildman–Crippen LogP) is 3.07. The molecule has 0 heterocycles. The summed E-state index contributed by atoms with van der Waals surface area (Å²) in [6.07, 6.45) is 0. The van der Waals surface area contributed by atoms with E-state index in [1.54, 1.807) is 12.1 Å². The summed E-state index contributed by atoms with van der Waals surface area (Å²) in [5.74, 6) is 0.214. The number of carbonyl (C=O) groups is 2. The van der Waals surface area contributed by atoms with Gasteiger partial charge in [0.25, 0.3) is 0 Å². The van der Waals surface area contributed by atoms with E-state index in [2.05, 4.69) is 5.32 Å². The summed E-state index contributed by atoms with van der Waals surface area (Å²) in [4.78, 5) is 25.6. The molecule has 0 atom stereocenters. The van der Waals surface area contributed by atoms with Crippen molar-refractivity contribution in [1.29, 1.82) is 0 Å². The molecule has 2 aromatic rings. The molecular weight excluding hydrogens is 304 g/mol. The Bertz CT molecular complexity index is 686. The van der Waals surface area contributed by atoms with Crippen LogP contribution in [-0.4, -0.2) is 29.9 Å². The topological polar surface area (TPSA) is 58.6 Å². The Balaban J connectivity index is 2.02. The highest BCUT2D eigenvalue weighted by atomic mass is 16.5. The van der Waals surface area contributed by atoms with Gasteiger partial charge < -0.3 is 15.0 Å². The van der Waals surface area contributed by atoms with E-state index >= 15 is 0 Å². The minimum atomic E-state index is -0.256. The first-order valence-corrected chi connectivity index (χ1v) is 7.91. The molecule has 0 radical (unpaired) electrons. The fourth-order valence-electron chi connectivity index (χ4n) is 2.30. The van der Waals surface area contributed by atoms with Crippen molar-refractivity contribution in [2.75, 3.05) is 18.5 Å². The minimum Gasteiger partial charge on any atom is -0.492 e. The molecule has 0 aliphatic rings. The molecule has 0 bridgehead atoms. The van der Waals surface area contributed by atoms with Gasteiger partial charge in [0.05, 0.1) is 12.3 Å². The van der Waals surface area contributed by atoms with Crippen LogP contribution in [-0.2, 0) is 16.1 Å². The monoisotopic (exact) mass is 326 g/mol. The third-order valence-corrected chi connectivity index (χ3v) is 3.46. The molecular formula is C19H22N2O3. The number of rotatable bonds is 7. The van der Waals surface area contributed by atoms with Gasteiger partial charge in [-0.1, -0.05) is 42.5 Å². The van der Waals surface area contributed by atoms with E-state index in [0.29, 0.717) is 24.6 Å². The van der Waals surface area contributed by atoms with Crippen molar-refractivity contribution >= 4 is 17.5 Å². The lowest BCUT2D eigenvalue weighted by Crippen LogP contribution is -2.36. The molecule has 5 heteroatoms. The van der Waals surface area contributed by atoms with Gasteiger partial charge in [-0.15, -0.1) is 0 Å². The van der Waals surface area contributed by atoms with Crippen molar-refractivity contribution < 1.29 is 14.3 Å². The van der Waals surface area contributed by atoms with Gasteiger partial charge in [0.2, 0.25) is 11.8 Å². The fraction of sp³-hybridized carbons (Fsp3) is 0.263. The molecule has 0 spiro atoms. The van der Waals surface area contributed by atoms with Gasteiger partial charge in [-0.2, -0.15) is 0 Å². The van der Waals surface area contributed by atoms with Crippen LogP contribution >= 0.6 is 0 Å². The van der Waals surface area contributed by atoms with Crippen LogP contribution in [0.5, 0.6) is 5.75 Å². The molecule has 0 saturated carbocycles. The molecule has 0 unspecified atom stereocenters. The average molecular weight is 326 g/mol. The number of para-hydroxylation sites is 2. The lowest BCUT2D eigenvalue weighted by Gasteiger charge is -2.21. The summed E-state index contributed by atoms with van der Waals surface area (Å²) < 4.78 is 5.49. The maximum Gasteiger partial charge on any atom is 0.244 e. The number of nitrogens with zero attached hydrogens (tertiary/aromatic N) is 1. The molecule has 0 aliphatic heterocycles. The summed E-state index contributed by atoms with van der Waals surface area (Å²) in [5, 5.41) is 2.81. The van der Waals surface area contributed by atoms with Gasteiger partial charge in [0, 0.05) is 13.5 Å². The smallest absolute Gasteiger partial charge is 0.244 e. The van der Waals surface area contributed by atoms with E-state index in [9.17, 15) is 9.59 Å². The van der Waals surface area contributed by atoms with E-state index in [0.717, 1.165) is 5.56 Å². The second kappa shape index (κ2) is 8.72. The number of benzene rings is 2. The SMILES string of the molecule is CCOc1ccccc1NC(=O)CN(Cc1ccccc1)C(C)=O. The van der Waals surface area contributed by atoms with Crippen molar-refractivity contribution in [3.8, 4) is 5.75 Å². The molecule has 2 rings (SSSR count). The quantitative estimate of drug-likeness (QED) is 0.850. The number of carbonyl (C=O) groups excluding carboxylic acids is 2. The maximum atomic E-state index is 12.3. The molecule has 5 nitrogen and oxygen atoms in total. The average Bonchev–Trinajstić information content (AvgIpc) is 2.57. The highest BCUT2D eigenvalue weighted by Crippen LogP contribution is 2.23. The first kappa shape index (κ1) is 17.5. The standard InChI is InChI=1S/C19H22N2O3/c1-3-24-18-12-8-7-11-17(18)20-19(23)14-21(15(2)22)13-16-9-5-4-6-10-16/h4-12H,3,13-14H2,1-2H3,(H,20,23). The predicted molar refractivity (Wildman–Crippen MR) is 93.8 cm³/mol. The van der Waals surface area contributed by atoms with Crippen molar-refractivity contribution in [3.63, 3.8) is 0 Å². The van der Waals surface area contributed by atoms with Gasteiger partial charge in [-0.3, -0.25) is 9.59 Å². The lowest BCUT2D eigenvalue weighted by molar-refractivity contribution is -0.133. The lowest BCUT2D eigenvalue weighted by atomic mass is 10.2. The minimum absolute atomic E-state index is 0.00924. The summed E-state index contributed by atoms with van der Waals surface area (Å²) in [6, 6.07) is 16.8. The van der Waals surface area contributed by atoms with Crippen molar-refractivity contribution in [1.82, 2.24) is 4.90 Å². The van der Waals surface area contributed by atoms with Crippen molar-refractivity contribution in [2.45, 2.75) is 20.4 Å². The molecule has 24 heavy (non-hydrogen) atoms. The number of anilines is 1. The van der Waals surface area contributed by atoms with Gasteiger partial charge in [0.1, 0.15) is 12.3 Å². The zero-order valence-electron chi connectivity index (χ0n) is 14.0. The van der Waals surface area contributed by atoms with E-state index in [1.807, 2.05) is 49.4 Å². The summed E-state index contributed by atoms with van der Waals surface area (Å²) >= 11 is 0. The van der Waals surface area contributed by atoms with Gasteiger partial charge in [-0.25, -0.2) is 0 Å². The summed E-state index contributed by atoms with van der Waals surface area (Å²) in [5.41, 5.74) is 1.59. The van der Waals surface area contributed by atoms with Crippen LogP contribution in [0.2, 0.25) is 0 Å². The van der Waals surface area contributed by atoms with Crippen molar-refractivity contribution in [3.05, 3.63) is 60.2 Å². The Labute approximate surface area is 142 Å². The first-order valence-electron chi connectivity index (χ1n) is 7.91. The Hall–Kier alpha value is -2.82. The molecule has 1 N–H and O–H groups in total. The van der Waals surface area contributed by atoms with Crippen LogP contribution in [0.25, 0.3) is 0 Å². The summed E-state index contributed by atoms with van der Waals surface area (Å²) in [6.45, 7) is 4.25. The van der Waals surface area contributed by atoms with Crippen LogP contribution in [0, 0.1) is 0 Å².